The van der Waals surface area contributed by atoms with Crippen LogP contribution in [-0.4, -0.2) is 31.8 Å². The number of nitrogens with two attached hydrogens (primary N) is 1. The molecule has 0 aliphatic carbocycles. The number of amides is 2. The molecule has 0 saturated carbocycles. The van der Waals surface area contributed by atoms with E-state index in [1.807, 2.05) is 13.8 Å². The van der Waals surface area contributed by atoms with Crippen molar-refractivity contribution in [2.45, 2.75) is 20.3 Å². The summed E-state index contributed by atoms with van der Waals surface area (Å²) in [6.45, 7) is 3.92. The monoisotopic (exact) mass is 341 g/mol. The average Bonchev–Trinajstić information content (AvgIpc) is 3.13. The van der Waals surface area contributed by atoms with Crippen molar-refractivity contribution in [2.75, 3.05) is 16.4 Å². The average molecular weight is 341 g/mol. The van der Waals surface area contributed by atoms with E-state index >= 15 is 0 Å². The number of nitrogens with zero attached hydrogens (tertiary/aromatic N) is 2. The highest BCUT2D eigenvalue weighted by atomic mass is 16.2. The van der Waals surface area contributed by atoms with Crippen molar-refractivity contribution in [3.63, 3.8) is 0 Å². The number of carbonyl (C=O) groups excluding carboxylic acids is 2. The zero-order valence-corrected chi connectivity index (χ0v) is 13.9. The number of H-pyrrole nitrogens is 2. The third-order valence-corrected chi connectivity index (χ3v) is 3.46. The third kappa shape index (κ3) is 3.77. The maximum absolute atomic E-state index is 12.6. The zero-order valence-electron chi connectivity index (χ0n) is 13.9. The Labute approximate surface area is 143 Å². The van der Waals surface area contributed by atoms with Crippen LogP contribution in [0.25, 0.3) is 11.0 Å². The fraction of sp³-hybridized carbons (Fsp3) is 0.250. The fourth-order valence-electron chi connectivity index (χ4n) is 2.47. The normalized spacial score (nSPS) is 11.0. The molecule has 0 aliphatic rings. The summed E-state index contributed by atoms with van der Waals surface area (Å²) in [5.41, 5.74) is 7.46. The van der Waals surface area contributed by atoms with Crippen LogP contribution in [0.5, 0.6) is 0 Å². The van der Waals surface area contributed by atoms with Gasteiger partial charge in [-0.25, -0.2) is 9.97 Å². The highest BCUT2D eigenvalue weighted by Crippen LogP contribution is 2.24. The van der Waals surface area contributed by atoms with Crippen LogP contribution in [0.15, 0.2) is 24.5 Å². The first-order valence-corrected chi connectivity index (χ1v) is 7.82. The second-order valence-corrected chi connectivity index (χ2v) is 6.08. The summed E-state index contributed by atoms with van der Waals surface area (Å²) < 4.78 is 0. The van der Waals surface area contributed by atoms with Gasteiger partial charge in [0.05, 0.1) is 11.1 Å². The van der Waals surface area contributed by atoms with Gasteiger partial charge in [-0.2, -0.15) is 0 Å². The third-order valence-electron chi connectivity index (χ3n) is 3.46. The fourth-order valence-corrected chi connectivity index (χ4v) is 2.47. The molecule has 130 valence electrons. The van der Waals surface area contributed by atoms with E-state index in [0.717, 1.165) is 0 Å². The maximum Gasteiger partial charge on any atom is 0.260 e. The molecule has 3 aromatic rings. The number of nitrogen functional groups attached to an aromatic ring is 1. The summed E-state index contributed by atoms with van der Waals surface area (Å²) in [5, 5.41) is 5.44. The molecule has 3 rings (SSSR count). The smallest absolute Gasteiger partial charge is 0.260 e. The van der Waals surface area contributed by atoms with Crippen LogP contribution in [0.1, 0.15) is 30.6 Å². The number of hydrogen-bond acceptors (Lipinski definition) is 5. The molecular formula is C16H19N7O2. The molecule has 0 atom stereocenters. The van der Waals surface area contributed by atoms with Crippen molar-refractivity contribution in [1.29, 1.82) is 0 Å². The summed E-state index contributed by atoms with van der Waals surface area (Å²) in [5.74, 6) is 0.197. The molecule has 0 spiro atoms. The van der Waals surface area contributed by atoms with E-state index in [9.17, 15) is 9.59 Å². The number of carbonyl (C=O) groups is 2. The van der Waals surface area contributed by atoms with Gasteiger partial charge in [-0.05, 0) is 18.1 Å². The van der Waals surface area contributed by atoms with Gasteiger partial charge >= 0.3 is 0 Å². The van der Waals surface area contributed by atoms with Gasteiger partial charge in [0.2, 0.25) is 11.9 Å². The van der Waals surface area contributed by atoms with E-state index in [-0.39, 0.29) is 23.3 Å². The van der Waals surface area contributed by atoms with E-state index < -0.39 is 5.91 Å². The molecule has 0 radical (unpaired) electrons. The summed E-state index contributed by atoms with van der Waals surface area (Å²) >= 11 is 0. The second kappa shape index (κ2) is 6.63. The number of rotatable bonds is 5. The summed E-state index contributed by atoms with van der Waals surface area (Å²) in [6.07, 6.45) is 3.51. The molecule has 9 nitrogen and oxygen atoms in total. The lowest BCUT2D eigenvalue weighted by Gasteiger charge is -2.09. The highest BCUT2D eigenvalue weighted by molar-refractivity contribution is 6.12. The molecule has 2 aromatic heterocycles. The number of anilines is 3. The summed E-state index contributed by atoms with van der Waals surface area (Å²) in [6, 6.07) is 3.26. The van der Waals surface area contributed by atoms with E-state index in [1.54, 1.807) is 18.3 Å². The van der Waals surface area contributed by atoms with Gasteiger partial charge in [-0.15, -0.1) is 0 Å². The molecular weight excluding hydrogens is 322 g/mol. The van der Waals surface area contributed by atoms with Crippen molar-refractivity contribution >= 4 is 40.4 Å². The van der Waals surface area contributed by atoms with Crippen LogP contribution in [0, 0.1) is 5.92 Å². The van der Waals surface area contributed by atoms with Crippen LogP contribution in [0.3, 0.4) is 0 Å². The standard InChI is InChI=1S/C16H19N7O2/c1-8(2)5-12(24)20-9-6-10(13-11(7-9)21-15(17)22-13)14(25)23-16-18-3-4-19-16/h3-4,6-8H,5H2,1-2H3,(H,20,24)(H3,17,21,22)(H2,18,19,23,25). The molecule has 25 heavy (non-hydrogen) atoms. The van der Waals surface area contributed by atoms with E-state index in [0.29, 0.717) is 29.1 Å². The first-order valence-electron chi connectivity index (χ1n) is 7.82. The van der Waals surface area contributed by atoms with Crippen LogP contribution < -0.4 is 16.4 Å². The SMILES string of the molecule is CC(C)CC(=O)Nc1cc(C(=O)Nc2ncc[nH]2)c2nc(N)[nH]c2c1. The van der Waals surface area contributed by atoms with Gasteiger partial charge in [0.1, 0.15) is 5.52 Å². The number of hydrogen-bond donors (Lipinski definition) is 5. The Kier molecular flexibility index (Phi) is 4.38. The van der Waals surface area contributed by atoms with Gasteiger partial charge in [0.25, 0.3) is 5.91 Å². The largest absolute Gasteiger partial charge is 0.369 e. The number of imidazole rings is 2. The Balaban J connectivity index is 1.94. The molecule has 2 heterocycles. The Morgan fingerprint density at radius 3 is 2.76 bits per heavy atom. The maximum atomic E-state index is 12.6. The molecule has 1 aromatic carbocycles. The molecule has 9 heteroatoms. The molecule has 6 N–H and O–H groups in total. The van der Waals surface area contributed by atoms with Gasteiger partial charge in [0, 0.05) is 24.5 Å². The molecule has 0 aliphatic heterocycles. The predicted molar refractivity (Wildman–Crippen MR) is 95.1 cm³/mol. The quantitative estimate of drug-likeness (QED) is 0.483. The highest BCUT2D eigenvalue weighted by Gasteiger charge is 2.17. The van der Waals surface area contributed by atoms with Crippen LogP contribution in [-0.2, 0) is 4.79 Å². The van der Waals surface area contributed by atoms with Crippen LogP contribution in [0.2, 0.25) is 0 Å². The minimum absolute atomic E-state index is 0.126. The minimum Gasteiger partial charge on any atom is -0.369 e. The predicted octanol–water partition coefficient (Wildman–Crippen LogP) is 2.11. The molecule has 0 unspecified atom stereocenters. The van der Waals surface area contributed by atoms with Gasteiger partial charge < -0.3 is 21.0 Å². The van der Waals surface area contributed by atoms with Crippen molar-refractivity contribution < 1.29 is 9.59 Å². The Morgan fingerprint density at radius 2 is 2.08 bits per heavy atom. The first kappa shape index (κ1) is 16.5. The Bertz CT molecular complexity index is 912. The Morgan fingerprint density at radius 1 is 1.28 bits per heavy atom. The number of benzene rings is 1. The van der Waals surface area contributed by atoms with E-state index in [1.165, 1.54) is 6.20 Å². The number of fused-ring (bicyclic) bond motifs is 1. The van der Waals surface area contributed by atoms with Crippen molar-refractivity contribution in [1.82, 2.24) is 19.9 Å². The molecule has 2 amide bonds. The summed E-state index contributed by atoms with van der Waals surface area (Å²) in [7, 11) is 0. The van der Waals surface area contributed by atoms with Crippen LogP contribution >= 0.6 is 0 Å². The lowest BCUT2D eigenvalue weighted by atomic mass is 10.1. The number of aromatic amines is 2. The van der Waals surface area contributed by atoms with Crippen molar-refractivity contribution in [3.8, 4) is 0 Å². The first-order chi connectivity index (χ1) is 11.9. The summed E-state index contributed by atoms with van der Waals surface area (Å²) in [4.78, 5) is 38.4. The molecule has 0 bridgehead atoms. The van der Waals surface area contributed by atoms with Gasteiger partial charge in [-0.1, -0.05) is 13.8 Å². The van der Waals surface area contributed by atoms with Gasteiger partial charge in [-0.3, -0.25) is 14.9 Å². The minimum atomic E-state index is -0.411. The number of nitrogens with one attached hydrogen (secondary N) is 4. The second-order valence-electron chi connectivity index (χ2n) is 6.08. The molecule has 0 fully saturated rings. The van der Waals surface area contributed by atoms with E-state index in [4.69, 9.17) is 5.73 Å². The molecule has 0 saturated heterocycles. The van der Waals surface area contributed by atoms with Crippen LogP contribution in [0.4, 0.5) is 17.6 Å². The lowest BCUT2D eigenvalue weighted by Crippen LogP contribution is -2.16. The lowest BCUT2D eigenvalue weighted by molar-refractivity contribution is -0.116. The van der Waals surface area contributed by atoms with Crippen molar-refractivity contribution in [2.24, 2.45) is 5.92 Å². The van der Waals surface area contributed by atoms with E-state index in [2.05, 4.69) is 30.6 Å². The Hall–Kier alpha value is -3.36. The van der Waals surface area contributed by atoms with Gasteiger partial charge in [0.15, 0.2) is 5.95 Å². The number of aromatic nitrogens is 4. The van der Waals surface area contributed by atoms with Crippen molar-refractivity contribution in [3.05, 3.63) is 30.1 Å². The topological polar surface area (TPSA) is 142 Å². The zero-order chi connectivity index (χ0) is 18.0.